The second-order valence-corrected chi connectivity index (χ2v) is 7.01. The number of carboxylic acids is 1. The lowest BCUT2D eigenvalue weighted by atomic mass is 10.2. The van der Waals surface area contributed by atoms with Crippen LogP contribution < -0.4 is 5.32 Å². The monoisotopic (exact) mass is 322 g/mol. The number of aliphatic carboxylic acids is 1. The largest absolute Gasteiger partial charge is 0.480 e. The van der Waals surface area contributed by atoms with Gasteiger partial charge in [-0.15, -0.1) is 0 Å². The molecule has 0 aromatic carbocycles. The molecule has 10 heteroatoms. The van der Waals surface area contributed by atoms with E-state index in [1.54, 1.807) is 6.92 Å². The Morgan fingerprint density at radius 2 is 2.05 bits per heavy atom. The minimum atomic E-state index is -3.18. The van der Waals surface area contributed by atoms with E-state index in [1.807, 2.05) is 0 Å². The maximum absolute atomic E-state index is 12.0. The summed E-state index contributed by atoms with van der Waals surface area (Å²) in [5.41, 5.74) is 0. The van der Waals surface area contributed by atoms with Gasteiger partial charge in [-0.2, -0.15) is 0 Å². The number of rotatable bonds is 4. The Balaban J connectivity index is 2.70. The zero-order valence-electron chi connectivity index (χ0n) is 11.7. The molecule has 120 valence electrons. The fourth-order valence-corrected chi connectivity index (χ4v) is 3.54. The summed E-state index contributed by atoms with van der Waals surface area (Å²) in [6.45, 7) is 1.55. The first-order chi connectivity index (χ1) is 9.66. The number of urea groups is 1. The number of amides is 2. The summed E-state index contributed by atoms with van der Waals surface area (Å²) in [5, 5.41) is 11.2. The smallest absolute Gasteiger partial charge is 0.326 e. The summed E-state index contributed by atoms with van der Waals surface area (Å²) in [6.07, 6.45) is -0.502. The zero-order chi connectivity index (χ0) is 16.2. The molecule has 0 radical (unpaired) electrons. The van der Waals surface area contributed by atoms with Crippen LogP contribution in [0.5, 0.6) is 0 Å². The number of hydrogen-bond acceptors (Lipinski definition) is 6. The van der Waals surface area contributed by atoms with Crippen LogP contribution in [0.1, 0.15) is 13.3 Å². The molecule has 2 atom stereocenters. The van der Waals surface area contributed by atoms with Crippen molar-refractivity contribution in [3.05, 3.63) is 0 Å². The van der Waals surface area contributed by atoms with Crippen LogP contribution in [0.15, 0.2) is 0 Å². The van der Waals surface area contributed by atoms with Crippen LogP contribution in [0.4, 0.5) is 4.79 Å². The average Bonchev–Trinajstić information content (AvgIpc) is 2.36. The van der Waals surface area contributed by atoms with Gasteiger partial charge >= 0.3 is 18.0 Å². The molecule has 1 rings (SSSR count). The molecular formula is C11H18N2O7S. The van der Waals surface area contributed by atoms with Crippen LogP contribution in [-0.4, -0.2) is 73.6 Å². The number of hydrogen-bond donors (Lipinski definition) is 2. The maximum atomic E-state index is 12.0. The van der Waals surface area contributed by atoms with E-state index in [-0.39, 0.29) is 18.1 Å². The van der Waals surface area contributed by atoms with Crippen molar-refractivity contribution in [2.75, 3.05) is 25.2 Å². The van der Waals surface area contributed by atoms with Crippen molar-refractivity contribution < 1.29 is 32.6 Å². The first-order valence-electron chi connectivity index (χ1n) is 6.23. The predicted molar refractivity (Wildman–Crippen MR) is 71.4 cm³/mol. The number of carbonyl (C=O) groups excluding carboxylic acids is 2. The van der Waals surface area contributed by atoms with Gasteiger partial charge in [0, 0.05) is 12.6 Å². The highest BCUT2D eigenvalue weighted by Crippen LogP contribution is 2.12. The van der Waals surface area contributed by atoms with E-state index in [0.717, 1.165) is 7.11 Å². The van der Waals surface area contributed by atoms with E-state index in [2.05, 4.69) is 10.1 Å². The van der Waals surface area contributed by atoms with Crippen molar-refractivity contribution in [2.24, 2.45) is 0 Å². The first kappa shape index (κ1) is 17.2. The van der Waals surface area contributed by atoms with Crippen molar-refractivity contribution in [3.8, 4) is 0 Å². The molecule has 1 heterocycles. The molecule has 1 saturated heterocycles. The van der Waals surface area contributed by atoms with Gasteiger partial charge in [0.1, 0.15) is 6.04 Å². The molecule has 0 saturated carbocycles. The van der Waals surface area contributed by atoms with Crippen molar-refractivity contribution in [2.45, 2.75) is 25.4 Å². The van der Waals surface area contributed by atoms with Crippen molar-refractivity contribution in [1.82, 2.24) is 10.2 Å². The van der Waals surface area contributed by atoms with Gasteiger partial charge in [-0.1, -0.05) is 0 Å². The van der Waals surface area contributed by atoms with Gasteiger partial charge < -0.3 is 20.1 Å². The second kappa shape index (κ2) is 6.74. The normalized spacial score (nSPS) is 22.2. The Morgan fingerprint density at radius 1 is 1.43 bits per heavy atom. The van der Waals surface area contributed by atoms with Crippen molar-refractivity contribution >= 4 is 27.8 Å². The van der Waals surface area contributed by atoms with Crippen LogP contribution in [0, 0.1) is 0 Å². The predicted octanol–water partition coefficient (Wildman–Crippen LogP) is -1.17. The number of methoxy groups -OCH3 is 1. The summed E-state index contributed by atoms with van der Waals surface area (Å²) < 4.78 is 27.2. The van der Waals surface area contributed by atoms with Gasteiger partial charge in [0.2, 0.25) is 0 Å². The summed E-state index contributed by atoms with van der Waals surface area (Å²) in [7, 11) is -2.07. The lowest BCUT2D eigenvalue weighted by Crippen LogP contribution is -2.56. The van der Waals surface area contributed by atoms with Gasteiger partial charge in [-0.3, -0.25) is 4.79 Å². The van der Waals surface area contributed by atoms with E-state index in [4.69, 9.17) is 5.11 Å². The molecule has 1 unspecified atom stereocenters. The van der Waals surface area contributed by atoms with Gasteiger partial charge in [-0.25, -0.2) is 18.0 Å². The number of carboxylic acid groups (broad SMARTS) is 1. The van der Waals surface area contributed by atoms with E-state index < -0.39 is 46.3 Å². The third-order valence-corrected chi connectivity index (χ3v) is 4.92. The van der Waals surface area contributed by atoms with Crippen LogP contribution in [0.3, 0.4) is 0 Å². The van der Waals surface area contributed by atoms with E-state index in [0.29, 0.717) is 0 Å². The topological polar surface area (TPSA) is 130 Å². The van der Waals surface area contributed by atoms with E-state index in [1.165, 1.54) is 4.90 Å². The Bertz CT molecular complexity index is 531. The minimum Gasteiger partial charge on any atom is -0.480 e. The molecule has 9 nitrogen and oxygen atoms in total. The molecule has 2 N–H and O–H groups in total. The quantitative estimate of drug-likeness (QED) is 0.624. The summed E-state index contributed by atoms with van der Waals surface area (Å²) in [4.78, 5) is 35.4. The molecule has 0 aliphatic carbocycles. The number of nitrogens with one attached hydrogen (secondary N) is 1. The third-order valence-electron chi connectivity index (χ3n) is 3.13. The van der Waals surface area contributed by atoms with Gasteiger partial charge in [0.15, 0.2) is 9.84 Å². The molecule has 0 bridgehead atoms. The van der Waals surface area contributed by atoms with Gasteiger partial charge in [-0.05, 0) is 6.92 Å². The molecule has 0 aromatic heterocycles. The maximum Gasteiger partial charge on any atom is 0.326 e. The third kappa shape index (κ3) is 4.88. The standard InChI is InChI=1S/C11H18N2O7S/c1-7-6-21(18,19)4-3-13(7)11(17)12-8(10(15)16)5-9(14)20-2/h7-8H,3-6H2,1-2H3,(H,12,17)(H,15,16)/t7?,8-/m0/s1. The van der Waals surface area contributed by atoms with Gasteiger partial charge in [0.25, 0.3) is 0 Å². The van der Waals surface area contributed by atoms with E-state index >= 15 is 0 Å². The molecule has 0 spiro atoms. The average molecular weight is 322 g/mol. The lowest BCUT2D eigenvalue weighted by Gasteiger charge is -2.33. The molecule has 21 heavy (non-hydrogen) atoms. The van der Waals surface area contributed by atoms with Crippen LogP contribution in [0.25, 0.3) is 0 Å². The number of carbonyl (C=O) groups is 3. The molecule has 1 fully saturated rings. The Labute approximate surface area is 122 Å². The highest BCUT2D eigenvalue weighted by atomic mass is 32.2. The van der Waals surface area contributed by atoms with Crippen LogP contribution in [0.2, 0.25) is 0 Å². The summed E-state index contributed by atoms with van der Waals surface area (Å²) in [5.74, 6) is -2.47. The van der Waals surface area contributed by atoms with E-state index in [9.17, 15) is 22.8 Å². The summed E-state index contributed by atoms with van der Waals surface area (Å²) >= 11 is 0. The highest BCUT2D eigenvalue weighted by molar-refractivity contribution is 7.91. The van der Waals surface area contributed by atoms with Gasteiger partial charge in [0.05, 0.1) is 25.0 Å². The SMILES string of the molecule is COC(=O)C[C@H](NC(=O)N1CCS(=O)(=O)CC1C)C(=O)O. The van der Waals surface area contributed by atoms with Crippen LogP contribution in [-0.2, 0) is 24.2 Å². The number of sulfone groups is 1. The molecule has 2 amide bonds. The Morgan fingerprint density at radius 3 is 2.52 bits per heavy atom. The zero-order valence-corrected chi connectivity index (χ0v) is 12.6. The number of nitrogens with zero attached hydrogens (tertiary/aromatic N) is 1. The fourth-order valence-electron chi connectivity index (χ4n) is 1.98. The minimum absolute atomic E-state index is 0.0140. The number of esters is 1. The fraction of sp³-hybridized carbons (Fsp3) is 0.727. The summed E-state index contributed by atoms with van der Waals surface area (Å²) in [6, 6.07) is -2.69. The van der Waals surface area contributed by atoms with Crippen LogP contribution >= 0.6 is 0 Å². The molecule has 1 aliphatic heterocycles. The highest BCUT2D eigenvalue weighted by Gasteiger charge is 2.33. The Hall–Kier alpha value is -1.84. The molecule has 0 aromatic rings. The molecular weight excluding hydrogens is 304 g/mol. The van der Waals surface area contributed by atoms with Crippen molar-refractivity contribution in [1.29, 1.82) is 0 Å². The lowest BCUT2D eigenvalue weighted by molar-refractivity contribution is -0.147. The second-order valence-electron chi connectivity index (χ2n) is 4.78. The first-order valence-corrected chi connectivity index (χ1v) is 8.05. The molecule has 1 aliphatic rings. The van der Waals surface area contributed by atoms with Crippen molar-refractivity contribution in [3.63, 3.8) is 0 Å². The Kier molecular flexibility index (Phi) is 5.53. The number of ether oxygens (including phenoxy) is 1.